The summed E-state index contributed by atoms with van der Waals surface area (Å²) in [6.45, 7) is 4.03. The number of carbonyl (C=O) groups excluding carboxylic acids is 2. The van der Waals surface area contributed by atoms with Crippen molar-refractivity contribution in [2.75, 3.05) is 6.54 Å². The second-order valence-electron chi connectivity index (χ2n) is 4.94. The van der Waals surface area contributed by atoms with Crippen molar-refractivity contribution < 1.29 is 14.1 Å². The highest BCUT2D eigenvalue weighted by Gasteiger charge is 2.27. The Morgan fingerprint density at radius 1 is 1.35 bits per heavy atom. The lowest BCUT2D eigenvalue weighted by atomic mass is 9.97. The summed E-state index contributed by atoms with van der Waals surface area (Å²) >= 11 is 0. The molecule has 0 aliphatic rings. The number of nitrogens with zero attached hydrogens (tertiary/aromatic N) is 3. The first kappa shape index (κ1) is 16.4. The zero-order valence-corrected chi connectivity index (χ0v) is 12.9. The van der Waals surface area contributed by atoms with Crippen LogP contribution in [-0.4, -0.2) is 28.4 Å². The van der Waals surface area contributed by atoms with E-state index in [-0.39, 0.29) is 5.56 Å². The summed E-state index contributed by atoms with van der Waals surface area (Å²) in [5.41, 5.74) is 0.939. The molecule has 0 spiro atoms. The maximum absolute atomic E-state index is 12.3. The molecule has 1 amide bonds. The van der Waals surface area contributed by atoms with Crippen molar-refractivity contribution in [2.45, 2.75) is 20.3 Å². The average molecular weight is 312 g/mol. The third kappa shape index (κ3) is 3.80. The number of carbonyl (C=O) groups is 2. The minimum Gasteiger partial charge on any atom is -0.355 e. The molecule has 2 rings (SSSR count). The maximum atomic E-state index is 12.3. The summed E-state index contributed by atoms with van der Waals surface area (Å²) in [7, 11) is 0. The Hall–Kier alpha value is -3.01. The fourth-order valence-electron chi connectivity index (χ4n) is 1.94. The molecule has 0 aliphatic carbocycles. The van der Waals surface area contributed by atoms with E-state index in [9.17, 15) is 9.59 Å². The van der Waals surface area contributed by atoms with E-state index in [4.69, 9.17) is 9.78 Å². The first-order valence-electron chi connectivity index (χ1n) is 7.19. The van der Waals surface area contributed by atoms with Crippen molar-refractivity contribution in [1.29, 1.82) is 5.26 Å². The maximum Gasteiger partial charge on any atom is 0.257 e. The number of Topliss-reactive ketones (excluding diaryl/α,β-unsaturated/α-hetero) is 1. The van der Waals surface area contributed by atoms with Crippen LogP contribution in [0.4, 0.5) is 0 Å². The van der Waals surface area contributed by atoms with Crippen LogP contribution in [0.25, 0.3) is 11.5 Å². The number of nitrogens with one attached hydrogen (secondary N) is 1. The average Bonchev–Trinajstić information content (AvgIpc) is 3.00. The highest BCUT2D eigenvalue weighted by molar-refractivity contribution is 6.12. The van der Waals surface area contributed by atoms with Crippen LogP contribution in [0.1, 0.15) is 29.5 Å². The molecular weight excluding hydrogens is 296 g/mol. The Morgan fingerprint density at radius 3 is 2.57 bits per heavy atom. The van der Waals surface area contributed by atoms with Gasteiger partial charge >= 0.3 is 0 Å². The van der Waals surface area contributed by atoms with E-state index in [1.807, 2.05) is 6.92 Å². The first-order chi connectivity index (χ1) is 11.1. The largest absolute Gasteiger partial charge is 0.355 e. The Morgan fingerprint density at radius 2 is 2.04 bits per heavy atom. The minimum absolute atomic E-state index is 0.281. The van der Waals surface area contributed by atoms with Gasteiger partial charge < -0.3 is 9.84 Å². The number of aryl methyl sites for hydroxylation is 1. The second kappa shape index (κ2) is 7.31. The second-order valence-corrected chi connectivity index (χ2v) is 4.94. The van der Waals surface area contributed by atoms with Crippen LogP contribution < -0.4 is 5.32 Å². The molecule has 0 saturated carbocycles. The fourth-order valence-corrected chi connectivity index (χ4v) is 1.94. The predicted octanol–water partition coefficient (Wildman–Crippen LogP) is 1.89. The van der Waals surface area contributed by atoms with Gasteiger partial charge in [0.05, 0.1) is 6.07 Å². The fraction of sp³-hybridized carbons (Fsp3) is 0.312. The molecule has 2 aromatic rings. The van der Waals surface area contributed by atoms with Crippen LogP contribution in [0.5, 0.6) is 0 Å². The van der Waals surface area contributed by atoms with Crippen molar-refractivity contribution in [3.63, 3.8) is 0 Å². The molecule has 0 bridgehead atoms. The number of hydrogen-bond donors (Lipinski definition) is 1. The molecule has 1 aromatic carbocycles. The zero-order valence-electron chi connectivity index (χ0n) is 12.9. The smallest absolute Gasteiger partial charge is 0.257 e. The SMILES string of the molecule is CCCNC(=O)C(C#N)C(=O)c1ccc(-c2nc(C)no2)cc1. The van der Waals surface area contributed by atoms with E-state index in [0.29, 0.717) is 23.8 Å². The number of aromatic nitrogens is 2. The summed E-state index contributed by atoms with van der Waals surface area (Å²) < 4.78 is 5.04. The lowest BCUT2D eigenvalue weighted by Gasteiger charge is -2.09. The van der Waals surface area contributed by atoms with E-state index in [0.717, 1.165) is 6.42 Å². The Bertz CT molecular complexity index is 743. The van der Waals surface area contributed by atoms with Gasteiger partial charge in [-0.25, -0.2) is 0 Å². The van der Waals surface area contributed by atoms with E-state index in [1.165, 1.54) is 12.1 Å². The Kier molecular flexibility index (Phi) is 5.20. The molecule has 0 fully saturated rings. The summed E-state index contributed by atoms with van der Waals surface area (Å²) in [5.74, 6) is -1.60. The van der Waals surface area contributed by atoms with Crippen molar-refractivity contribution in [2.24, 2.45) is 5.92 Å². The number of nitriles is 1. The number of benzene rings is 1. The summed E-state index contributed by atoms with van der Waals surface area (Å²) in [6.07, 6.45) is 0.733. The molecule has 7 heteroatoms. The lowest BCUT2D eigenvalue weighted by molar-refractivity contribution is -0.122. The van der Waals surface area contributed by atoms with Gasteiger partial charge in [-0.05, 0) is 25.5 Å². The van der Waals surface area contributed by atoms with Crippen molar-refractivity contribution >= 4 is 11.7 Å². The molecule has 7 nitrogen and oxygen atoms in total. The number of amides is 1. The summed E-state index contributed by atoms with van der Waals surface area (Å²) in [5, 5.41) is 15.4. The van der Waals surface area contributed by atoms with Crippen LogP contribution in [-0.2, 0) is 4.79 Å². The zero-order chi connectivity index (χ0) is 16.8. The third-order valence-electron chi connectivity index (χ3n) is 3.15. The molecule has 23 heavy (non-hydrogen) atoms. The van der Waals surface area contributed by atoms with Crippen LogP contribution in [0.15, 0.2) is 28.8 Å². The lowest BCUT2D eigenvalue weighted by Crippen LogP contribution is -2.35. The van der Waals surface area contributed by atoms with Crippen LogP contribution in [0, 0.1) is 24.2 Å². The quantitative estimate of drug-likeness (QED) is 0.644. The molecule has 118 valence electrons. The van der Waals surface area contributed by atoms with Crippen LogP contribution in [0.3, 0.4) is 0 Å². The van der Waals surface area contributed by atoms with Crippen molar-refractivity contribution in [1.82, 2.24) is 15.5 Å². The van der Waals surface area contributed by atoms with Gasteiger partial charge in [-0.3, -0.25) is 9.59 Å². The van der Waals surface area contributed by atoms with E-state index in [1.54, 1.807) is 25.1 Å². The van der Waals surface area contributed by atoms with Gasteiger partial charge in [-0.2, -0.15) is 10.2 Å². The molecule has 0 radical (unpaired) electrons. The molecule has 1 unspecified atom stereocenters. The standard InChI is InChI=1S/C16H16N4O3/c1-3-8-18-15(22)13(9-17)14(21)11-4-6-12(7-5-11)16-19-10(2)20-23-16/h4-7,13H,3,8H2,1-2H3,(H,18,22). The van der Waals surface area contributed by atoms with Crippen LogP contribution in [0.2, 0.25) is 0 Å². The van der Waals surface area contributed by atoms with E-state index >= 15 is 0 Å². The van der Waals surface area contributed by atoms with Gasteiger partial charge in [0.2, 0.25) is 5.91 Å². The monoisotopic (exact) mass is 312 g/mol. The molecule has 0 saturated heterocycles. The molecule has 1 heterocycles. The molecular formula is C16H16N4O3. The van der Waals surface area contributed by atoms with Gasteiger partial charge in [0.15, 0.2) is 17.5 Å². The molecule has 0 aliphatic heterocycles. The highest BCUT2D eigenvalue weighted by Crippen LogP contribution is 2.19. The molecule has 1 atom stereocenters. The predicted molar refractivity (Wildman–Crippen MR) is 81.2 cm³/mol. The van der Waals surface area contributed by atoms with Gasteiger partial charge in [0, 0.05) is 17.7 Å². The topological polar surface area (TPSA) is 109 Å². The van der Waals surface area contributed by atoms with Crippen molar-refractivity contribution in [3.8, 4) is 17.5 Å². The van der Waals surface area contributed by atoms with Gasteiger partial charge in [0.1, 0.15) is 0 Å². The number of hydrogen-bond acceptors (Lipinski definition) is 6. The van der Waals surface area contributed by atoms with Gasteiger partial charge in [0.25, 0.3) is 5.89 Å². The molecule has 1 N–H and O–H groups in total. The van der Waals surface area contributed by atoms with Gasteiger partial charge in [-0.15, -0.1) is 0 Å². The summed E-state index contributed by atoms with van der Waals surface area (Å²) in [6, 6.07) is 8.10. The highest BCUT2D eigenvalue weighted by atomic mass is 16.5. The summed E-state index contributed by atoms with van der Waals surface area (Å²) in [4.78, 5) is 28.2. The van der Waals surface area contributed by atoms with E-state index < -0.39 is 17.6 Å². The molecule has 1 aromatic heterocycles. The number of rotatable bonds is 6. The van der Waals surface area contributed by atoms with Crippen molar-refractivity contribution in [3.05, 3.63) is 35.7 Å². The number of ketones is 1. The Labute approximate surface area is 133 Å². The minimum atomic E-state index is -1.35. The normalized spacial score (nSPS) is 11.5. The first-order valence-corrected chi connectivity index (χ1v) is 7.19. The van der Waals surface area contributed by atoms with Gasteiger partial charge in [-0.1, -0.05) is 24.2 Å². The van der Waals surface area contributed by atoms with Crippen LogP contribution >= 0.6 is 0 Å². The van der Waals surface area contributed by atoms with E-state index in [2.05, 4.69) is 15.5 Å². The Balaban J connectivity index is 2.16. The third-order valence-corrected chi connectivity index (χ3v) is 3.15.